The Morgan fingerprint density at radius 3 is 2.65 bits per heavy atom. The first-order valence-electron chi connectivity index (χ1n) is 10.8. The van der Waals surface area contributed by atoms with Gasteiger partial charge in [-0.1, -0.05) is 54.1 Å². The summed E-state index contributed by atoms with van der Waals surface area (Å²) in [6.07, 6.45) is 2.33. The molecule has 3 saturated heterocycles. The van der Waals surface area contributed by atoms with Gasteiger partial charge >= 0.3 is 0 Å². The molecule has 4 aliphatic heterocycles. The molecule has 4 aliphatic rings. The van der Waals surface area contributed by atoms with Gasteiger partial charge in [0.05, 0.1) is 22.5 Å². The van der Waals surface area contributed by atoms with Gasteiger partial charge < -0.3 is 5.32 Å². The normalized spacial score (nSPS) is 31.3. The maximum Gasteiger partial charge on any atom is 0.250 e. The third-order valence-electron chi connectivity index (χ3n) is 7.54. The van der Waals surface area contributed by atoms with Crippen molar-refractivity contribution in [3.05, 3.63) is 64.7 Å². The summed E-state index contributed by atoms with van der Waals surface area (Å²) < 4.78 is 0. The maximum atomic E-state index is 13.7. The molecule has 4 heterocycles. The molecule has 4 atom stereocenters. The topological polar surface area (TPSA) is 69.7 Å². The van der Waals surface area contributed by atoms with Gasteiger partial charge in [0.15, 0.2) is 0 Å². The van der Waals surface area contributed by atoms with Gasteiger partial charge in [-0.2, -0.15) is 0 Å². The highest BCUT2D eigenvalue weighted by Crippen LogP contribution is 2.61. The van der Waals surface area contributed by atoms with Crippen molar-refractivity contribution < 1.29 is 14.4 Å². The first kappa shape index (κ1) is 19.0. The predicted octanol–water partition coefficient (Wildman–Crippen LogP) is 2.81. The first-order chi connectivity index (χ1) is 15.0. The van der Waals surface area contributed by atoms with Gasteiger partial charge in [-0.25, -0.2) is 0 Å². The fraction of sp³-hybridized carbons (Fsp3) is 0.375. The lowest BCUT2D eigenvalue weighted by molar-refractivity contribution is -0.145. The van der Waals surface area contributed by atoms with Crippen LogP contribution in [0.1, 0.15) is 24.0 Å². The molecule has 6 nitrogen and oxygen atoms in total. The van der Waals surface area contributed by atoms with E-state index in [2.05, 4.69) is 10.2 Å². The highest BCUT2D eigenvalue weighted by Gasteiger charge is 2.74. The van der Waals surface area contributed by atoms with Crippen molar-refractivity contribution in [3.8, 4) is 0 Å². The summed E-state index contributed by atoms with van der Waals surface area (Å²) >= 11 is 6.40. The van der Waals surface area contributed by atoms with Crippen LogP contribution in [0.3, 0.4) is 0 Å². The number of rotatable bonds is 3. The van der Waals surface area contributed by atoms with Crippen molar-refractivity contribution >= 4 is 35.0 Å². The van der Waals surface area contributed by atoms with Crippen molar-refractivity contribution in [2.75, 3.05) is 18.4 Å². The molecule has 0 radical (unpaired) electrons. The second kappa shape index (κ2) is 6.65. The van der Waals surface area contributed by atoms with Crippen LogP contribution in [-0.2, 0) is 26.3 Å². The minimum atomic E-state index is -1.15. The van der Waals surface area contributed by atoms with Crippen molar-refractivity contribution in [1.29, 1.82) is 0 Å². The van der Waals surface area contributed by atoms with E-state index >= 15 is 0 Å². The highest BCUT2D eigenvalue weighted by atomic mass is 35.5. The third-order valence-corrected chi connectivity index (χ3v) is 7.85. The van der Waals surface area contributed by atoms with Gasteiger partial charge in [0.2, 0.25) is 11.8 Å². The van der Waals surface area contributed by atoms with Gasteiger partial charge in [0, 0.05) is 18.2 Å². The van der Waals surface area contributed by atoms with Crippen LogP contribution in [-0.4, -0.2) is 46.7 Å². The number of halogens is 1. The molecular formula is C24H22ClN3O3. The minimum absolute atomic E-state index is 0.0983. The molecule has 0 bridgehead atoms. The maximum absolute atomic E-state index is 13.7. The van der Waals surface area contributed by atoms with Crippen LogP contribution in [0.2, 0.25) is 5.02 Å². The van der Waals surface area contributed by atoms with Crippen LogP contribution in [0.25, 0.3) is 0 Å². The van der Waals surface area contributed by atoms with E-state index < -0.39 is 17.4 Å². The summed E-state index contributed by atoms with van der Waals surface area (Å²) in [5, 5.41) is 3.40. The zero-order valence-electron chi connectivity index (χ0n) is 16.9. The Labute approximate surface area is 185 Å². The molecule has 7 heteroatoms. The van der Waals surface area contributed by atoms with Gasteiger partial charge in [-0.15, -0.1) is 0 Å². The van der Waals surface area contributed by atoms with Crippen LogP contribution in [0.5, 0.6) is 0 Å². The smallest absolute Gasteiger partial charge is 0.250 e. The summed E-state index contributed by atoms with van der Waals surface area (Å²) in [5.74, 6) is -1.80. The van der Waals surface area contributed by atoms with E-state index in [0.717, 1.165) is 24.0 Å². The number of benzene rings is 2. The molecule has 3 fully saturated rings. The molecule has 1 N–H and O–H groups in total. The summed E-state index contributed by atoms with van der Waals surface area (Å²) in [4.78, 5) is 44.3. The Morgan fingerprint density at radius 2 is 1.84 bits per heavy atom. The molecule has 158 valence electrons. The number of fused-ring (bicyclic) bond motifs is 7. The van der Waals surface area contributed by atoms with E-state index in [1.807, 2.05) is 42.5 Å². The second-order valence-electron chi connectivity index (χ2n) is 8.85. The number of amides is 3. The quantitative estimate of drug-likeness (QED) is 0.753. The van der Waals surface area contributed by atoms with E-state index in [-0.39, 0.29) is 23.8 Å². The van der Waals surface area contributed by atoms with Crippen molar-refractivity contribution in [1.82, 2.24) is 9.80 Å². The molecule has 0 aliphatic carbocycles. The number of likely N-dealkylation sites (tertiary alicyclic amines) is 1. The van der Waals surface area contributed by atoms with Gasteiger partial charge in [0.25, 0.3) is 5.91 Å². The van der Waals surface area contributed by atoms with Crippen LogP contribution in [0.4, 0.5) is 5.69 Å². The first-order valence-corrected chi connectivity index (χ1v) is 11.2. The lowest BCUT2D eigenvalue weighted by atomic mass is 9.75. The number of imide groups is 1. The Bertz CT molecular complexity index is 1120. The monoisotopic (exact) mass is 435 g/mol. The average Bonchev–Trinajstić information content (AvgIpc) is 3.47. The standard InChI is InChI=1S/C24H22ClN3O3/c25-16-9-4-8-15-20(16)26-23(31)24(15)19-18(17-10-5-12-28(17)24)21(29)27(22(19)30)13-11-14-6-2-1-3-7-14/h1-4,6-9,17-19H,5,10-13H2,(H,26,31). The van der Waals surface area contributed by atoms with E-state index in [9.17, 15) is 14.4 Å². The number of carbonyl (C=O) groups excluding carboxylic acids is 3. The Kier molecular flexibility index (Phi) is 4.08. The predicted molar refractivity (Wildman–Crippen MR) is 115 cm³/mol. The average molecular weight is 436 g/mol. The molecule has 0 saturated carbocycles. The summed E-state index contributed by atoms with van der Waals surface area (Å²) in [6, 6.07) is 15.2. The Hall–Kier alpha value is -2.70. The molecule has 1 spiro atoms. The van der Waals surface area contributed by atoms with E-state index in [1.165, 1.54) is 4.90 Å². The second-order valence-corrected chi connectivity index (χ2v) is 9.26. The summed E-state index contributed by atoms with van der Waals surface area (Å²) in [7, 11) is 0. The number of para-hydroxylation sites is 1. The molecule has 3 amide bonds. The summed E-state index contributed by atoms with van der Waals surface area (Å²) in [6.45, 7) is 1.03. The van der Waals surface area contributed by atoms with E-state index in [0.29, 0.717) is 30.2 Å². The van der Waals surface area contributed by atoms with Gasteiger partial charge in [-0.05, 0) is 37.4 Å². The molecule has 2 aromatic carbocycles. The molecular weight excluding hydrogens is 414 g/mol. The van der Waals surface area contributed by atoms with Crippen LogP contribution >= 0.6 is 11.6 Å². The molecule has 4 unspecified atom stereocenters. The number of carbonyl (C=O) groups is 3. The van der Waals surface area contributed by atoms with Crippen molar-refractivity contribution in [2.45, 2.75) is 30.8 Å². The number of anilines is 1. The largest absolute Gasteiger partial charge is 0.323 e. The van der Waals surface area contributed by atoms with Gasteiger partial charge in [-0.3, -0.25) is 24.2 Å². The molecule has 2 aromatic rings. The fourth-order valence-electron chi connectivity index (χ4n) is 6.36. The van der Waals surface area contributed by atoms with E-state index in [4.69, 9.17) is 11.6 Å². The molecule has 6 rings (SSSR count). The number of nitrogens with one attached hydrogen (secondary N) is 1. The number of hydrogen-bond donors (Lipinski definition) is 1. The lowest BCUT2D eigenvalue weighted by Gasteiger charge is -2.36. The van der Waals surface area contributed by atoms with Gasteiger partial charge in [0.1, 0.15) is 5.54 Å². The fourth-order valence-corrected chi connectivity index (χ4v) is 6.58. The van der Waals surface area contributed by atoms with Crippen molar-refractivity contribution in [2.24, 2.45) is 11.8 Å². The van der Waals surface area contributed by atoms with Crippen molar-refractivity contribution in [3.63, 3.8) is 0 Å². The van der Waals surface area contributed by atoms with Crippen LogP contribution in [0, 0.1) is 11.8 Å². The lowest BCUT2D eigenvalue weighted by Crippen LogP contribution is -2.54. The highest BCUT2D eigenvalue weighted by molar-refractivity contribution is 6.35. The Morgan fingerprint density at radius 1 is 1.03 bits per heavy atom. The molecule has 31 heavy (non-hydrogen) atoms. The van der Waals surface area contributed by atoms with Crippen LogP contribution in [0.15, 0.2) is 48.5 Å². The minimum Gasteiger partial charge on any atom is -0.323 e. The SMILES string of the molecule is O=C1C2C3CCCN3C3(C(=O)Nc4c(Cl)cccc43)C2C(=O)N1CCc1ccccc1. The Balaban J connectivity index is 1.43. The van der Waals surface area contributed by atoms with Crippen LogP contribution < -0.4 is 5.32 Å². The zero-order valence-corrected chi connectivity index (χ0v) is 17.6. The summed E-state index contributed by atoms with van der Waals surface area (Å²) in [5.41, 5.74) is 1.23. The number of nitrogens with zero attached hydrogens (tertiary/aromatic N) is 2. The zero-order chi connectivity index (χ0) is 21.3. The number of hydrogen-bond acceptors (Lipinski definition) is 4. The van der Waals surface area contributed by atoms with E-state index in [1.54, 1.807) is 6.07 Å². The molecule has 0 aromatic heterocycles. The third kappa shape index (κ3) is 2.35.